The van der Waals surface area contributed by atoms with Crippen LogP contribution < -0.4 is 0 Å². The molecule has 0 bridgehead atoms. The van der Waals surface area contributed by atoms with Crippen LogP contribution in [0.3, 0.4) is 0 Å². The van der Waals surface area contributed by atoms with E-state index < -0.39 is 0 Å². The Labute approximate surface area is 149 Å². The van der Waals surface area contributed by atoms with Gasteiger partial charge in [-0.05, 0) is 36.4 Å². The first-order chi connectivity index (χ1) is 11.7. The molecule has 0 N–H and O–H groups in total. The SMILES string of the molecule is O=C(C1=C(Cl)c2ccc(-c3cccs3)nc2CC1)N1CCOCC1. The van der Waals surface area contributed by atoms with E-state index in [4.69, 9.17) is 21.3 Å². The van der Waals surface area contributed by atoms with E-state index in [1.807, 2.05) is 28.5 Å². The van der Waals surface area contributed by atoms with E-state index >= 15 is 0 Å². The molecule has 6 heteroatoms. The van der Waals surface area contributed by atoms with Gasteiger partial charge in [-0.1, -0.05) is 17.7 Å². The molecule has 3 heterocycles. The second-order valence-corrected chi connectivity index (χ2v) is 7.19. The standard InChI is InChI=1S/C18H17ClN2O2S/c19-17-12-3-6-15(16-2-1-11-24-16)20-14(12)5-4-13(17)18(22)21-7-9-23-10-8-21/h1-3,6,11H,4-5,7-10H2. The highest BCUT2D eigenvalue weighted by molar-refractivity contribution is 7.13. The van der Waals surface area contributed by atoms with Crippen molar-refractivity contribution in [3.63, 3.8) is 0 Å². The fourth-order valence-electron chi connectivity index (χ4n) is 3.13. The van der Waals surface area contributed by atoms with Crippen LogP contribution in [0.4, 0.5) is 0 Å². The number of aryl methyl sites for hydroxylation is 1. The number of halogens is 1. The van der Waals surface area contributed by atoms with E-state index in [0.717, 1.165) is 28.2 Å². The molecule has 2 aromatic heterocycles. The van der Waals surface area contributed by atoms with Gasteiger partial charge >= 0.3 is 0 Å². The molecular weight excluding hydrogens is 344 g/mol. The summed E-state index contributed by atoms with van der Waals surface area (Å²) in [6.07, 6.45) is 1.39. The molecular formula is C18H17ClN2O2S. The van der Waals surface area contributed by atoms with Gasteiger partial charge in [-0.2, -0.15) is 0 Å². The highest BCUT2D eigenvalue weighted by Gasteiger charge is 2.27. The van der Waals surface area contributed by atoms with Crippen molar-refractivity contribution in [3.8, 4) is 10.6 Å². The van der Waals surface area contributed by atoms with Crippen molar-refractivity contribution in [2.45, 2.75) is 12.8 Å². The fraction of sp³-hybridized carbons (Fsp3) is 0.333. The summed E-state index contributed by atoms with van der Waals surface area (Å²) in [5, 5.41) is 2.60. The van der Waals surface area contributed by atoms with Crippen molar-refractivity contribution >= 4 is 33.9 Å². The van der Waals surface area contributed by atoms with Crippen LogP contribution in [0.5, 0.6) is 0 Å². The monoisotopic (exact) mass is 360 g/mol. The number of carbonyl (C=O) groups is 1. The lowest BCUT2D eigenvalue weighted by molar-refractivity contribution is -0.131. The third kappa shape index (κ3) is 2.88. The Morgan fingerprint density at radius 3 is 2.79 bits per heavy atom. The fourth-order valence-corrected chi connectivity index (χ4v) is 4.17. The van der Waals surface area contributed by atoms with Crippen molar-refractivity contribution in [3.05, 3.63) is 46.5 Å². The molecule has 0 radical (unpaired) electrons. The molecule has 1 amide bonds. The summed E-state index contributed by atoms with van der Waals surface area (Å²) >= 11 is 8.24. The van der Waals surface area contributed by atoms with Crippen molar-refractivity contribution in [2.75, 3.05) is 26.3 Å². The zero-order chi connectivity index (χ0) is 16.5. The van der Waals surface area contributed by atoms with Crippen LogP contribution in [0.25, 0.3) is 15.6 Å². The Morgan fingerprint density at radius 1 is 1.21 bits per heavy atom. The van der Waals surface area contributed by atoms with Crippen LogP contribution in [0.2, 0.25) is 0 Å². The van der Waals surface area contributed by atoms with Gasteiger partial charge in [-0.3, -0.25) is 9.78 Å². The van der Waals surface area contributed by atoms with E-state index in [0.29, 0.717) is 43.3 Å². The molecule has 0 aromatic carbocycles. The molecule has 124 valence electrons. The molecule has 24 heavy (non-hydrogen) atoms. The molecule has 1 aliphatic heterocycles. The van der Waals surface area contributed by atoms with Crippen molar-refractivity contribution in [1.82, 2.24) is 9.88 Å². The Hall–Kier alpha value is -1.69. The van der Waals surface area contributed by atoms with E-state index in [-0.39, 0.29) is 5.91 Å². The Morgan fingerprint density at radius 2 is 2.04 bits per heavy atom. The highest BCUT2D eigenvalue weighted by Crippen LogP contribution is 2.36. The molecule has 2 aliphatic rings. The molecule has 0 unspecified atom stereocenters. The van der Waals surface area contributed by atoms with Crippen molar-refractivity contribution in [2.24, 2.45) is 0 Å². The lowest BCUT2D eigenvalue weighted by Crippen LogP contribution is -2.41. The maximum Gasteiger partial charge on any atom is 0.251 e. The molecule has 4 nitrogen and oxygen atoms in total. The summed E-state index contributed by atoms with van der Waals surface area (Å²) in [5.41, 5.74) is 3.54. The van der Waals surface area contributed by atoms with Crippen LogP contribution in [0.1, 0.15) is 17.7 Å². The Balaban J connectivity index is 1.65. The summed E-state index contributed by atoms with van der Waals surface area (Å²) in [7, 11) is 0. The number of hydrogen-bond donors (Lipinski definition) is 0. The normalized spacial score (nSPS) is 17.8. The molecule has 1 fully saturated rings. The number of carbonyl (C=O) groups excluding carboxylic acids is 1. The van der Waals surface area contributed by atoms with Crippen molar-refractivity contribution < 1.29 is 9.53 Å². The second-order valence-electron chi connectivity index (χ2n) is 5.87. The Bertz CT molecular complexity index is 795. The average Bonchev–Trinajstić information content (AvgIpc) is 3.17. The first-order valence-corrected chi connectivity index (χ1v) is 9.29. The number of pyridine rings is 1. The minimum absolute atomic E-state index is 0.0382. The highest BCUT2D eigenvalue weighted by atomic mass is 35.5. The van der Waals surface area contributed by atoms with E-state index in [1.165, 1.54) is 0 Å². The summed E-state index contributed by atoms with van der Waals surface area (Å²) < 4.78 is 5.32. The van der Waals surface area contributed by atoms with Crippen LogP contribution in [0.15, 0.2) is 35.2 Å². The van der Waals surface area contributed by atoms with E-state index in [1.54, 1.807) is 11.3 Å². The van der Waals surface area contributed by atoms with Gasteiger partial charge < -0.3 is 9.64 Å². The van der Waals surface area contributed by atoms with Gasteiger partial charge in [-0.15, -0.1) is 11.3 Å². The van der Waals surface area contributed by atoms with Crippen molar-refractivity contribution in [1.29, 1.82) is 0 Å². The van der Waals surface area contributed by atoms with Gasteiger partial charge in [0.15, 0.2) is 0 Å². The molecule has 2 aromatic rings. The predicted molar refractivity (Wildman–Crippen MR) is 96.0 cm³/mol. The van der Waals surface area contributed by atoms with Gasteiger partial charge in [0, 0.05) is 24.2 Å². The number of fused-ring (bicyclic) bond motifs is 1. The van der Waals surface area contributed by atoms with E-state index in [9.17, 15) is 4.79 Å². The lowest BCUT2D eigenvalue weighted by atomic mass is 9.94. The van der Waals surface area contributed by atoms with Gasteiger partial charge in [-0.25, -0.2) is 0 Å². The van der Waals surface area contributed by atoms with Crippen LogP contribution in [-0.4, -0.2) is 42.1 Å². The maximum atomic E-state index is 12.7. The molecule has 1 saturated heterocycles. The van der Waals surface area contributed by atoms with Gasteiger partial charge in [0.05, 0.1) is 34.5 Å². The first kappa shape index (κ1) is 15.8. The number of morpholine rings is 1. The minimum atomic E-state index is 0.0382. The molecule has 0 spiro atoms. The zero-order valence-corrected chi connectivity index (χ0v) is 14.7. The van der Waals surface area contributed by atoms with Gasteiger partial charge in [0.2, 0.25) is 0 Å². The predicted octanol–water partition coefficient (Wildman–Crippen LogP) is 3.57. The topological polar surface area (TPSA) is 42.4 Å². The number of hydrogen-bond acceptors (Lipinski definition) is 4. The summed E-state index contributed by atoms with van der Waals surface area (Å²) in [4.78, 5) is 20.5. The number of thiophene rings is 1. The van der Waals surface area contributed by atoms with Gasteiger partial charge in [0.25, 0.3) is 5.91 Å². The quantitative estimate of drug-likeness (QED) is 0.822. The third-order valence-electron chi connectivity index (χ3n) is 4.42. The average molecular weight is 361 g/mol. The number of ether oxygens (including phenoxy) is 1. The number of aromatic nitrogens is 1. The summed E-state index contributed by atoms with van der Waals surface area (Å²) in [6.45, 7) is 2.46. The second kappa shape index (κ2) is 6.67. The van der Waals surface area contributed by atoms with Crippen LogP contribution in [0, 0.1) is 0 Å². The zero-order valence-electron chi connectivity index (χ0n) is 13.1. The molecule has 0 saturated carbocycles. The Kier molecular flexibility index (Phi) is 4.39. The van der Waals surface area contributed by atoms with E-state index in [2.05, 4.69) is 6.07 Å². The maximum absolute atomic E-state index is 12.7. The number of rotatable bonds is 2. The summed E-state index contributed by atoms with van der Waals surface area (Å²) in [5.74, 6) is 0.0382. The molecule has 4 rings (SSSR count). The largest absolute Gasteiger partial charge is 0.378 e. The molecule has 1 aliphatic carbocycles. The third-order valence-corrected chi connectivity index (χ3v) is 5.74. The van der Waals surface area contributed by atoms with Gasteiger partial charge in [0.1, 0.15) is 0 Å². The molecule has 0 atom stereocenters. The van der Waals surface area contributed by atoms with Crippen LogP contribution in [-0.2, 0) is 16.0 Å². The van der Waals surface area contributed by atoms with Crippen LogP contribution >= 0.6 is 22.9 Å². The minimum Gasteiger partial charge on any atom is -0.378 e. The summed E-state index contributed by atoms with van der Waals surface area (Å²) in [6, 6.07) is 8.06. The smallest absolute Gasteiger partial charge is 0.251 e. The first-order valence-electron chi connectivity index (χ1n) is 8.04. The lowest BCUT2D eigenvalue weighted by Gasteiger charge is -2.29. The number of amides is 1. The number of nitrogens with zero attached hydrogens (tertiary/aromatic N) is 2.